The Kier molecular flexibility index (Phi) is 3.70. The molecule has 0 aromatic carbocycles. The van der Waals surface area contributed by atoms with Crippen LogP contribution in [0.1, 0.15) is 19.3 Å². The van der Waals surface area contributed by atoms with E-state index in [4.69, 9.17) is 9.84 Å². The second-order valence-electron chi connectivity index (χ2n) is 4.68. The van der Waals surface area contributed by atoms with Crippen molar-refractivity contribution in [3.63, 3.8) is 0 Å². The summed E-state index contributed by atoms with van der Waals surface area (Å²) in [6.07, 6.45) is 2.53. The molecule has 0 amide bonds. The van der Waals surface area contributed by atoms with Crippen LogP contribution in [0.4, 0.5) is 0 Å². The molecule has 1 heterocycles. The highest BCUT2D eigenvalue weighted by molar-refractivity contribution is 7.89. The van der Waals surface area contributed by atoms with Gasteiger partial charge in [0.2, 0.25) is 10.0 Å². The van der Waals surface area contributed by atoms with Crippen molar-refractivity contribution in [3.8, 4) is 0 Å². The second kappa shape index (κ2) is 4.91. The minimum atomic E-state index is -3.67. The maximum atomic E-state index is 11.9. The molecule has 17 heavy (non-hydrogen) atoms. The summed E-state index contributed by atoms with van der Waals surface area (Å²) in [4.78, 5) is 10.6. The Hall–Kier alpha value is -0.660. The molecule has 1 aliphatic carbocycles. The van der Waals surface area contributed by atoms with Crippen LogP contribution in [0.3, 0.4) is 0 Å². The molecule has 6 nitrogen and oxygen atoms in total. The van der Waals surface area contributed by atoms with Crippen molar-refractivity contribution in [3.05, 3.63) is 0 Å². The highest BCUT2D eigenvalue weighted by Gasteiger charge is 2.39. The van der Waals surface area contributed by atoms with Gasteiger partial charge in [-0.05, 0) is 25.2 Å². The predicted octanol–water partition coefficient (Wildman–Crippen LogP) is -0.0983. The zero-order chi connectivity index (χ0) is 12.5. The summed E-state index contributed by atoms with van der Waals surface area (Å²) < 4.78 is 30.4. The van der Waals surface area contributed by atoms with Crippen molar-refractivity contribution >= 4 is 16.0 Å². The minimum absolute atomic E-state index is 0.0138. The number of nitrogens with zero attached hydrogens (tertiary/aromatic N) is 1. The number of ether oxygens (including phenoxy) is 1. The molecule has 98 valence electrons. The van der Waals surface area contributed by atoms with Gasteiger partial charge in [0.05, 0.1) is 6.61 Å². The number of hydrogen-bond donors (Lipinski definition) is 1. The van der Waals surface area contributed by atoms with E-state index >= 15 is 0 Å². The summed E-state index contributed by atoms with van der Waals surface area (Å²) in [6, 6.07) is 0.0138. The second-order valence-corrected chi connectivity index (χ2v) is 6.60. The van der Waals surface area contributed by atoms with Gasteiger partial charge < -0.3 is 9.84 Å². The van der Waals surface area contributed by atoms with Crippen LogP contribution in [0, 0.1) is 5.92 Å². The number of sulfonamides is 1. The topological polar surface area (TPSA) is 83.9 Å². The fourth-order valence-corrected chi connectivity index (χ4v) is 3.65. The molecule has 1 saturated heterocycles. The van der Waals surface area contributed by atoms with E-state index in [9.17, 15) is 13.2 Å². The van der Waals surface area contributed by atoms with Gasteiger partial charge in [-0.3, -0.25) is 4.79 Å². The lowest BCUT2D eigenvalue weighted by Gasteiger charge is -2.23. The lowest BCUT2D eigenvalue weighted by atomic mass is 10.1. The van der Waals surface area contributed by atoms with Gasteiger partial charge in [0.25, 0.3) is 0 Å². The molecule has 1 unspecified atom stereocenters. The molecule has 1 saturated carbocycles. The summed E-state index contributed by atoms with van der Waals surface area (Å²) >= 11 is 0. The standard InChI is InChI=1S/C10H17NO5S/c12-10(13)7-17(14,15)11(9-1-2-9)5-8-3-4-16-6-8/h8-9H,1-7H2,(H,12,13). The first-order valence-corrected chi connectivity index (χ1v) is 7.39. The third-order valence-corrected chi connectivity index (χ3v) is 4.85. The lowest BCUT2D eigenvalue weighted by molar-refractivity contribution is -0.134. The fourth-order valence-electron chi connectivity index (χ4n) is 2.07. The number of carbonyl (C=O) groups is 1. The van der Waals surface area contributed by atoms with Crippen molar-refractivity contribution in [1.82, 2.24) is 4.31 Å². The molecule has 1 aliphatic heterocycles. The highest BCUT2D eigenvalue weighted by atomic mass is 32.2. The average Bonchev–Trinajstić information content (AvgIpc) is 2.90. The van der Waals surface area contributed by atoms with Gasteiger partial charge in [0.1, 0.15) is 0 Å². The molecule has 0 aromatic rings. The number of carboxylic acid groups (broad SMARTS) is 1. The molecule has 2 aliphatic rings. The monoisotopic (exact) mass is 263 g/mol. The first-order chi connectivity index (χ1) is 7.99. The van der Waals surface area contributed by atoms with Gasteiger partial charge in [-0.1, -0.05) is 0 Å². The Bertz CT molecular complexity index is 384. The summed E-state index contributed by atoms with van der Waals surface area (Å²) in [5.74, 6) is -1.89. The molecule has 2 fully saturated rings. The first kappa shape index (κ1) is 12.8. The van der Waals surface area contributed by atoms with Crippen LogP contribution in [0.25, 0.3) is 0 Å². The molecule has 0 aromatic heterocycles. The van der Waals surface area contributed by atoms with Crippen LogP contribution in [-0.4, -0.2) is 55.4 Å². The zero-order valence-electron chi connectivity index (χ0n) is 9.54. The van der Waals surface area contributed by atoms with E-state index in [-0.39, 0.29) is 12.0 Å². The zero-order valence-corrected chi connectivity index (χ0v) is 10.4. The van der Waals surface area contributed by atoms with Crippen molar-refractivity contribution in [2.45, 2.75) is 25.3 Å². The predicted molar refractivity (Wildman–Crippen MR) is 60.1 cm³/mol. The number of aliphatic carboxylic acids is 1. The molecular formula is C10H17NO5S. The van der Waals surface area contributed by atoms with Crippen molar-refractivity contribution in [2.75, 3.05) is 25.5 Å². The summed E-state index contributed by atoms with van der Waals surface area (Å²) in [6.45, 7) is 1.65. The summed E-state index contributed by atoms with van der Waals surface area (Å²) in [7, 11) is -3.67. The molecule has 0 spiro atoms. The number of rotatable bonds is 6. The SMILES string of the molecule is O=C(O)CS(=O)(=O)N(CC1CCOC1)C1CC1. The Balaban J connectivity index is 2.03. The largest absolute Gasteiger partial charge is 0.480 e. The van der Waals surface area contributed by atoms with Gasteiger partial charge >= 0.3 is 5.97 Å². The number of hydrogen-bond acceptors (Lipinski definition) is 4. The molecule has 1 atom stereocenters. The molecule has 0 bridgehead atoms. The average molecular weight is 263 g/mol. The fraction of sp³-hybridized carbons (Fsp3) is 0.900. The van der Waals surface area contributed by atoms with E-state index in [1.165, 1.54) is 4.31 Å². The van der Waals surface area contributed by atoms with Crippen LogP contribution < -0.4 is 0 Å². The van der Waals surface area contributed by atoms with Gasteiger partial charge in [-0.25, -0.2) is 8.42 Å². The minimum Gasteiger partial charge on any atom is -0.480 e. The van der Waals surface area contributed by atoms with Gasteiger partial charge in [-0.2, -0.15) is 4.31 Å². The highest BCUT2D eigenvalue weighted by Crippen LogP contribution is 2.31. The Labute approximate surface area is 101 Å². The molecular weight excluding hydrogens is 246 g/mol. The quantitative estimate of drug-likeness (QED) is 0.723. The molecule has 7 heteroatoms. The lowest BCUT2D eigenvalue weighted by Crippen LogP contribution is -2.40. The third kappa shape index (κ3) is 3.40. The van der Waals surface area contributed by atoms with E-state index in [1.54, 1.807) is 0 Å². The smallest absolute Gasteiger partial charge is 0.320 e. The Morgan fingerprint density at radius 2 is 2.06 bits per heavy atom. The Morgan fingerprint density at radius 3 is 2.53 bits per heavy atom. The maximum absolute atomic E-state index is 11.9. The van der Waals surface area contributed by atoms with Crippen LogP contribution in [0.2, 0.25) is 0 Å². The van der Waals surface area contributed by atoms with E-state index < -0.39 is 21.7 Å². The molecule has 1 N–H and O–H groups in total. The summed E-state index contributed by atoms with van der Waals surface area (Å²) in [5.41, 5.74) is 0. The Morgan fingerprint density at radius 1 is 1.35 bits per heavy atom. The van der Waals surface area contributed by atoms with Crippen LogP contribution in [0.5, 0.6) is 0 Å². The molecule has 0 radical (unpaired) electrons. The van der Waals surface area contributed by atoms with Crippen LogP contribution >= 0.6 is 0 Å². The molecule has 2 rings (SSSR count). The van der Waals surface area contributed by atoms with Gasteiger partial charge in [0.15, 0.2) is 5.75 Å². The van der Waals surface area contributed by atoms with E-state index in [2.05, 4.69) is 0 Å². The van der Waals surface area contributed by atoms with Crippen LogP contribution in [0.15, 0.2) is 0 Å². The van der Waals surface area contributed by atoms with Gasteiger partial charge in [0, 0.05) is 19.2 Å². The third-order valence-electron chi connectivity index (χ3n) is 3.08. The van der Waals surface area contributed by atoms with Crippen molar-refractivity contribution in [1.29, 1.82) is 0 Å². The van der Waals surface area contributed by atoms with E-state index in [1.807, 2.05) is 0 Å². The van der Waals surface area contributed by atoms with Crippen molar-refractivity contribution in [2.24, 2.45) is 5.92 Å². The van der Waals surface area contributed by atoms with E-state index in [0.29, 0.717) is 19.8 Å². The van der Waals surface area contributed by atoms with Crippen LogP contribution in [-0.2, 0) is 19.6 Å². The van der Waals surface area contributed by atoms with Gasteiger partial charge in [-0.15, -0.1) is 0 Å². The maximum Gasteiger partial charge on any atom is 0.320 e. The summed E-state index contributed by atoms with van der Waals surface area (Å²) in [5, 5.41) is 8.63. The normalized spacial score (nSPS) is 25.4. The van der Waals surface area contributed by atoms with E-state index in [0.717, 1.165) is 19.3 Å². The number of carboxylic acids is 1. The van der Waals surface area contributed by atoms with Crippen molar-refractivity contribution < 1.29 is 23.1 Å². The first-order valence-electron chi connectivity index (χ1n) is 5.78.